The van der Waals surface area contributed by atoms with E-state index in [1.54, 1.807) is 6.07 Å². The molecular formula is C13H11FIN3O2S. The summed E-state index contributed by atoms with van der Waals surface area (Å²) in [6, 6.07) is 4.51. The van der Waals surface area contributed by atoms with Gasteiger partial charge in [-0.1, -0.05) is 11.8 Å². The molecule has 0 amide bonds. The monoisotopic (exact) mass is 419 g/mol. The van der Waals surface area contributed by atoms with Crippen molar-refractivity contribution in [3.05, 3.63) is 33.4 Å². The molecular weight excluding hydrogens is 408 g/mol. The van der Waals surface area contributed by atoms with Crippen molar-refractivity contribution < 1.29 is 14.3 Å². The van der Waals surface area contributed by atoms with Crippen LogP contribution in [0.5, 0.6) is 0 Å². The zero-order valence-electron chi connectivity index (χ0n) is 10.8. The molecule has 1 aliphatic rings. The molecule has 1 heterocycles. The van der Waals surface area contributed by atoms with E-state index in [4.69, 9.17) is 5.11 Å². The molecule has 1 N–H and O–H groups in total. The lowest BCUT2D eigenvalue weighted by molar-refractivity contribution is -0.133. The summed E-state index contributed by atoms with van der Waals surface area (Å²) in [5, 5.41) is 17.7. The first-order valence-electron chi connectivity index (χ1n) is 6.31. The summed E-state index contributed by atoms with van der Waals surface area (Å²) >= 11 is 3.19. The summed E-state index contributed by atoms with van der Waals surface area (Å²) in [6.45, 7) is 0. The van der Waals surface area contributed by atoms with Crippen LogP contribution in [0.2, 0.25) is 0 Å². The van der Waals surface area contributed by atoms with E-state index >= 15 is 0 Å². The molecule has 3 rings (SSSR count). The summed E-state index contributed by atoms with van der Waals surface area (Å²) in [7, 11) is 0. The maximum absolute atomic E-state index is 13.3. The number of hydrogen-bond donors (Lipinski definition) is 1. The average molecular weight is 419 g/mol. The predicted molar refractivity (Wildman–Crippen MR) is 84.4 cm³/mol. The SMILES string of the molecule is O=C(O)CSc1nnc(C2CC2)n1-c1ccc(F)cc1I. The largest absolute Gasteiger partial charge is 0.481 e. The number of carboxylic acids is 1. The van der Waals surface area contributed by atoms with E-state index in [0.717, 1.165) is 39.7 Å². The van der Waals surface area contributed by atoms with E-state index in [1.165, 1.54) is 12.1 Å². The van der Waals surface area contributed by atoms with E-state index in [0.29, 0.717) is 11.1 Å². The van der Waals surface area contributed by atoms with Crippen LogP contribution >= 0.6 is 34.4 Å². The third kappa shape index (κ3) is 3.20. The number of nitrogens with zero attached hydrogens (tertiary/aromatic N) is 3. The maximum Gasteiger partial charge on any atom is 0.313 e. The van der Waals surface area contributed by atoms with Crippen molar-refractivity contribution in [2.45, 2.75) is 23.9 Å². The number of hydrogen-bond acceptors (Lipinski definition) is 4. The number of carboxylic acid groups (broad SMARTS) is 1. The number of halogens is 2. The first-order chi connectivity index (χ1) is 10.1. The second-order valence-electron chi connectivity index (χ2n) is 4.73. The van der Waals surface area contributed by atoms with Crippen LogP contribution in [-0.4, -0.2) is 31.6 Å². The van der Waals surface area contributed by atoms with E-state index in [-0.39, 0.29) is 11.6 Å². The minimum absolute atomic E-state index is 0.0828. The molecule has 0 radical (unpaired) electrons. The van der Waals surface area contributed by atoms with Gasteiger partial charge < -0.3 is 5.11 Å². The summed E-state index contributed by atoms with van der Waals surface area (Å²) < 4.78 is 15.9. The first-order valence-corrected chi connectivity index (χ1v) is 8.38. The van der Waals surface area contributed by atoms with Crippen LogP contribution in [-0.2, 0) is 4.79 Å². The van der Waals surface area contributed by atoms with Crippen LogP contribution < -0.4 is 0 Å². The fourth-order valence-electron chi connectivity index (χ4n) is 2.00. The molecule has 21 heavy (non-hydrogen) atoms. The van der Waals surface area contributed by atoms with Crippen molar-refractivity contribution in [1.82, 2.24) is 14.8 Å². The van der Waals surface area contributed by atoms with Gasteiger partial charge in [-0.15, -0.1) is 10.2 Å². The molecule has 1 aliphatic carbocycles. The van der Waals surface area contributed by atoms with E-state index in [2.05, 4.69) is 32.8 Å². The van der Waals surface area contributed by atoms with Gasteiger partial charge in [0.25, 0.3) is 0 Å². The van der Waals surface area contributed by atoms with E-state index in [1.807, 2.05) is 4.57 Å². The van der Waals surface area contributed by atoms with E-state index < -0.39 is 5.97 Å². The zero-order chi connectivity index (χ0) is 15.0. The zero-order valence-corrected chi connectivity index (χ0v) is 13.8. The summed E-state index contributed by atoms with van der Waals surface area (Å²) in [5.74, 6) is -0.106. The number of aromatic nitrogens is 3. The molecule has 2 aromatic rings. The highest BCUT2D eigenvalue weighted by Gasteiger charge is 2.31. The van der Waals surface area contributed by atoms with Gasteiger partial charge in [-0.05, 0) is 53.6 Å². The highest BCUT2D eigenvalue weighted by molar-refractivity contribution is 14.1. The van der Waals surface area contributed by atoms with Crippen LogP contribution in [0.25, 0.3) is 5.69 Å². The Kier molecular flexibility index (Phi) is 4.16. The van der Waals surface area contributed by atoms with E-state index in [9.17, 15) is 9.18 Å². The molecule has 1 aromatic carbocycles. The van der Waals surface area contributed by atoms with Gasteiger partial charge in [0.2, 0.25) is 0 Å². The molecule has 1 fully saturated rings. The van der Waals surface area contributed by atoms with Gasteiger partial charge >= 0.3 is 5.97 Å². The minimum atomic E-state index is -0.906. The van der Waals surface area contributed by atoms with Gasteiger partial charge in [-0.25, -0.2) is 4.39 Å². The summed E-state index contributed by atoms with van der Waals surface area (Å²) in [6.07, 6.45) is 2.11. The molecule has 8 heteroatoms. The van der Waals surface area contributed by atoms with Crippen molar-refractivity contribution in [3.8, 4) is 5.69 Å². The Bertz CT molecular complexity index is 703. The Morgan fingerprint density at radius 3 is 2.86 bits per heavy atom. The summed E-state index contributed by atoms with van der Waals surface area (Å²) in [4.78, 5) is 10.8. The Balaban J connectivity index is 2.05. The van der Waals surface area contributed by atoms with Crippen LogP contribution in [0.4, 0.5) is 4.39 Å². The van der Waals surface area contributed by atoms with Gasteiger partial charge in [-0.2, -0.15) is 0 Å². The van der Waals surface area contributed by atoms with Crippen molar-refractivity contribution in [2.75, 3.05) is 5.75 Å². The van der Waals surface area contributed by atoms with Gasteiger partial charge in [0.15, 0.2) is 5.16 Å². The fourth-order valence-corrected chi connectivity index (χ4v) is 3.39. The highest BCUT2D eigenvalue weighted by atomic mass is 127. The van der Waals surface area contributed by atoms with Crippen LogP contribution in [0, 0.1) is 9.39 Å². The number of aliphatic carboxylic acids is 1. The molecule has 1 saturated carbocycles. The molecule has 0 aliphatic heterocycles. The topological polar surface area (TPSA) is 68.0 Å². The van der Waals surface area contributed by atoms with Crippen LogP contribution in [0.3, 0.4) is 0 Å². The number of benzene rings is 1. The third-order valence-corrected chi connectivity index (χ3v) is 4.85. The van der Waals surface area contributed by atoms with Crippen molar-refractivity contribution in [3.63, 3.8) is 0 Å². The molecule has 0 unspecified atom stereocenters. The number of carbonyl (C=O) groups is 1. The predicted octanol–water partition coefficient (Wildman–Crippen LogP) is 3.07. The minimum Gasteiger partial charge on any atom is -0.481 e. The Morgan fingerprint density at radius 2 is 2.24 bits per heavy atom. The smallest absolute Gasteiger partial charge is 0.313 e. The normalized spacial score (nSPS) is 14.4. The molecule has 1 aromatic heterocycles. The Labute approximate surface area is 138 Å². The maximum atomic E-state index is 13.3. The van der Waals surface area contributed by atoms with Gasteiger partial charge in [0.05, 0.1) is 11.4 Å². The fraction of sp³-hybridized carbons (Fsp3) is 0.308. The molecule has 5 nitrogen and oxygen atoms in total. The van der Waals surface area contributed by atoms with Crippen LogP contribution in [0.1, 0.15) is 24.6 Å². The Morgan fingerprint density at radius 1 is 1.48 bits per heavy atom. The molecule has 0 atom stereocenters. The molecule has 110 valence electrons. The average Bonchev–Trinajstić information content (AvgIpc) is 3.18. The van der Waals surface area contributed by atoms with Gasteiger partial charge in [0.1, 0.15) is 11.6 Å². The molecule has 0 saturated heterocycles. The molecule has 0 spiro atoms. The highest BCUT2D eigenvalue weighted by Crippen LogP contribution is 2.41. The third-order valence-electron chi connectivity index (χ3n) is 3.08. The first kappa shape index (κ1) is 14.8. The Hall–Kier alpha value is -1.16. The lowest BCUT2D eigenvalue weighted by Gasteiger charge is -2.11. The lowest BCUT2D eigenvalue weighted by atomic mass is 10.3. The van der Waals surface area contributed by atoms with Crippen LogP contribution in [0.15, 0.2) is 23.4 Å². The number of thioether (sulfide) groups is 1. The lowest BCUT2D eigenvalue weighted by Crippen LogP contribution is -2.06. The van der Waals surface area contributed by atoms with Gasteiger partial charge in [-0.3, -0.25) is 9.36 Å². The molecule has 0 bridgehead atoms. The second-order valence-corrected chi connectivity index (χ2v) is 6.83. The number of rotatable bonds is 5. The van der Waals surface area contributed by atoms with Crippen molar-refractivity contribution in [1.29, 1.82) is 0 Å². The van der Waals surface area contributed by atoms with Crippen molar-refractivity contribution in [2.24, 2.45) is 0 Å². The van der Waals surface area contributed by atoms with Gasteiger partial charge in [0, 0.05) is 9.49 Å². The summed E-state index contributed by atoms with van der Waals surface area (Å²) in [5.41, 5.74) is 0.789. The quantitative estimate of drug-likeness (QED) is 0.596. The van der Waals surface area contributed by atoms with Crippen molar-refractivity contribution >= 4 is 40.3 Å². The second kappa shape index (κ2) is 5.91. The standard InChI is InChI=1S/C13H11FIN3O2S/c14-8-3-4-10(9(15)5-8)18-12(7-1-2-7)16-17-13(18)21-6-11(19)20/h3-5,7H,1-2,6H2,(H,19,20).